The van der Waals surface area contributed by atoms with Crippen molar-refractivity contribution in [2.24, 2.45) is 0 Å². The molecule has 0 spiro atoms. The van der Waals surface area contributed by atoms with Crippen molar-refractivity contribution in [1.82, 2.24) is 4.67 Å². The maximum absolute atomic E-state index is 14.0. The van der Waals surface area contributed by atoms with Crippen molar-refractivity contribution in [3.63, 3.8) is 0 Å². The highest BCUT2D eigenvalue weighted by atomic mass is 31.2. The lowest BCUT2D eigenvalue weighted by Gasteiger charge is -2.45. The maximum atomic E-state index is 14.0. The molecular weight excluding hydrogens is 269 g/mol. The summed E-state index contributed by atoms with van der Waals surface area (Å²) >= 11 is 0. The Hall–Kier alpha value is -0.530. The minimum atomic E-state index is -2.72. The van der Waals surface area contributed by atoms with Crippen LogP contribution in [0.3, 0.4) is 0 Å². The molecule has 1 aliphatic heterocycles. The summed E-state index contributed by atoms with van der Waals surface area (Å²) in [5, 5.41) is -0.304. The minimum Gasteiger partial charge on any atom is -0.457 e. The summed E-state index contributed by atoms with van der Waals surface area (Å²) in [5.74, 6) is 0.842. The van der Waals surface area contributed by atoms with Gasteiger partial charge in [-0.05, 0) is 38.3 Å². The highest BCUT2D eigenvalue weighted by Crippen LogP contribution is 2.61. The molecule has 2 atom stereocenters. The fourth-order valence-corrected chi connectivity index (χ4v) is 6.59. The minimum absolute atomic E-state index is 0.304. The summed E-state index contributed by atoms with van der Waals surface area (Å²) in [6.45, 7) is 11.3. The highest BCUT2D eigenvalue weighted by molar-refractivity contribution is 7.70. The van der Waals surface area contributed by atoms with Crippen molar-refractivity contribution < 1.29 is 8.98 Å². The van der Waals surface area contributed by atoms with E-state index in [1.54, 1.807) is 0 Å². The second-order valence-electron chi connectivity index (χ2n) is 6.85. The van der Waals surface area contributed by atoms with Crippen LogP contribution in [0.4, 0.5) is 0 Å². The lowest BCUT2D eigenvalue weighted by Crippen LogP contribution is -2.44. The van der Waals surface area contributed by atoms with Gasteiger partial charge in [-0.15, -0.1) is 0 Å². The molecule has 0 radical (unpaired) electrons. The Morgan fingerprint density at radius 2 is 2.05 bits per heavy atom. The molecule has 0 unspecified atom stereocenters. The van der Waals surface area contributed by atoms with Gasteiger partial charge in [-0.3, -0.25) is 4.57 Å². The molecule has 20 heavy (non-hydrogen) atoms. The van der Waals surface area contributed by atoms with Gasteiger partial charge >= 0.3 is 0 Å². The Bertz CT molecular complexity index is 501. The largest absolute Gasteiger partial charge is 0.457 e. The predicted octanol–water partition coefficient (Wildman–Crippen LogP) is 4.55. The Morgan fingerprint density at radius 1 is 1.35 bits per heavy atom. The van der Waals surface area contributed by atoms with Gasteiger partial charge in [0.15, 0.2) is 5.50 Å². The summed E-state index contributed by atoms with van der Waals surface area (Å²) in [5.41, 5.74) is 0.683. The number of hydrogen-bond donors (Lipinski definition) is 0. The lowest BCUT2D eigenvalue weighted by atomic mass is 10.0. The molecule has 4 heteroatoms. The van der Waals surface area contributed by atoms with Gasteiger partial charge in [-0.2, -0.15) is 0 Å². The molecular formula is C16H28NO2P. The first kappa shape index (κ1) is 15.9. The van der Waals surface area contributed by atoms with Crippen LogP contribution in [-0.4, -0.2) is 22.4 Å². The molecule has 0 aliphatic carbocycles. The molecule has 1 aliphatic rings. The van der Waals surface area contributed by atoms with Crippen molar-refractivity contribution in [2.45, 2.75) is 71.5 Å². The SMILES string of the molecule is CC[C@@H]1CCCCN1[P@@](=O)(c1ccc(C)o1)C(C)(C)C. The molecule has 1 fully saturated rings. The third-order valence-electron chi connectivity index (χ3n) is 4.36. The van der Waals surface area contributed by atoms with E-state index in [0.717, 1.165) is 31.6 Å². The van der Waals surface area contributed by atoms with Crippen LogP contribution in [0, 0.1) is 6.92 Å². The van der Waals surface area contributed by atoms with E-state index in [1.807, 2.05) is 19.1 Å². The van der Waals surface area contributed by atoms with E-state index in [-0.39, 0.29) is 5.16 Å². The zero-order chi connectivity index (χ0) is 15.0. The Balaban J connectivity index is 2.49. The number of furan rings is 1. The number of piperidine rings is 1. The maximum Gasteiger partial charge on any atom is 0.217 e. The Labute approximate surface area is 123 Å². The highest BCUT2D eigenvalue weighted by Gasteiger charge is 2.48. The van der Waals surface area contributed by atoms with Gasteiger partial charge in [0.1, 0.15) is 5.76 Å². The van der Waals surface area contributed by atoms with Crippen molar-refractivity contribution >= 4 is 12.8 Å². The lowest BCUT2D eigenvalue weighted by molar-refractivity contribution is 0.239. The molecule has 1 aromatic heterocycles. The summed E-state index contributed by atoms with van der Waals surface area (Å²) in [6, 6.07) is 4.26. The summed E-state index contributed by atoms with van der Waals surface area (Å²) in [7, 11) is -2.72. The molecule has 0 amide bonds. The Morgan fingerprint density at radius 3 is 2.55 bits per heavy atom. The summed E-state index contributed by atoms with van der Waals surface area (Å²) in [4.78, 5) is 0. The third kappa shape index (κ3) is 2.63. The number of rotatable bonds is 3. The van der Waals surface area contributed by atoms with Crippen LogP contribution >= 0.6 is 7.29 Å². The first-order valence-electron chi connectivity index (χ1n) is 7.75. The predicted molar refractivity (Wildman–Crippen MR) is 85.1 cm³/mol. The summed E-state index contributed by atoms with van der Waals surface area (Å²) in [6.07, 6.45) is 4.59. The van der Waals surface area contributed by atoms with Gasteiger partial charge in [0.2, 0.25) is 7.29 Å². The average molecular weight is 297 g/mol. The zero-order valence-corrected chi connectivity index (χ0v) is 14.4. The van der Waals surface area contributed by atoms with Gasteiger partial charge in [-0.1, -0.05) is 34.1 Å². The van der Waals surface area contributed by atoms with Crippen LogP contribution in [0.1, 0.15) is 59.1 Å². The van der Waals surface area contributed by atoms with Gasteiger partial charge in [-0.25, -0.2) is 4.67 Å². The van der Waals surface area contributed by atoms with Crippen molar-refractivity contribution in [3.05, 3.63) is 17.9 Å². The number of aryl methyl sites for hydroxylation is 1. The van der Waals surface area contributed by atoms with E-state index in [4.69, 9.17) is 4.42 Å². The molecule has 0 N–H and O–H groups in total. The molecule has 3 nitrogen and oxygen atoms in total. The standard InChI is InChI=1S/C16H28NO2P/c1-6-14-9-7-8-12-17(14)20(18,16(3,4)5)15-11-10-13(2)19-15/h10-11,14H,6-9,12H2,1-5H3/t14-,20-/m1/s1. The fraction of sp³-hybridized carbons (Fsp3) is 0.750. The summed E-state index contributed by atoms with van der Waals surface area (Å²) < 4.78 is 22.1. The normalized spacial score (nSPS) is 24.6. The molecule has 0 saturated carbocycles. The topological polar surface area (TPSA) is 33.5 Å². The van der Waals surface area contributed by atoms with E-state index >= 15 is 0 Å². The van der Waals surface area contributed by atoms with E-state index in [0.29, 0.717) is 11.5 Å². The van der Waals surface area contributed by atoms with Crippen LogP contribution < -0.4 is 5.50 Å². The third-order valence-corrected chi connectivity index (χ3v) is 8.27. The van der Waals surface area contributed by atoms with Crippen LogP contribution in [0.2, 0.25) is 0 Å². The van der Waals surface area contributed by atoms with Crippen LogP contribution in [0.25, 0.3) is 0 Å². The van der Waals surface area contributed by atoms with Crippen LogP contribution in [-0.2, 0) is 4.57 Å². The zero-order valence-electron chi connectivity index (χ0n) is 13.5. The van der Waals surface area contributed by atoms with Gasteiger partial charge < -0.3 is 4.42 Å². The van der Waals surface area contributed by atoms with E-state index in [9.17, 15) is 4.57 Å². The van der Waals surface area contributed by atoms with Crippen molar-refractivity contribution in [3.8, 4) is 0 Å². The van der Waals surface area contributed by atoms with Crippen LogP contribution in [0.5, 0.6) is 0 Å². The van der Waals surface area contributed by atoms with E-state index in [2.05, 4.69) is 32.4 Å². The molecule has 2 heterocycles. The second-order valence-corrected chi connectivity index (χ2v) is 10.3. The average Bonchev–Trinajstić information content (AvgIpc) is 2.83. The number of nitrogens with zero attached hydrogens (tertiary/aromatic N) is 1. The Kier molecular flexibility index (Phi) is 4.51. The molecule has 0 bridgehead atoms. The quantitative estimate of drug-likeness (QED) is 0.767. The smallest absolute Gasteiger partial charge is 0.217 e. The van der Waals surface area contributed by atoms with Gasteiger partial charge in [0, 0.05) is 17.7 Å². The number of hydrogen-bond acceptors (Lipinski definition) is 2. The van der Waals surface area contributed by atoms with E-state index in [1.165, 1.54) is 6.42 Å². The van der Waals surface area contributed by atoms with Crippen molar-refractivity contribution in [2.75, 3.05) is 6.54 Å². The van der Waals surface area contributed by atoms with E-state index < -0.39 is 7.29 Å². The van der Waals surface area contributed by atoms with Crippen molar-refractivity contribution in [1.29, 1.82) is 0 Å². The fourth-order valence-electron chi connectivity index (χ4n) is 3.20. The first-order valence-corrected chi connectivity index (χ1v) is 9.41. The second kappa shape index (κ2) is 5.69. The van der Waals surface area contributed by atoms with Gasteiger partial charge in [0.25, 0.3) is 0 Å². The molecule has 1 saturated heterocycles. The monoisotopic (exact) mass is 297 g/mol. The molecule has 114 valence electrons. The van der Waals surface area contributed by atoms with Gasteiger partial charge in [0.05, 0.1) is 0 Å². The molecule has 0 aromatic carbocycles. The molecule has 2 rings (SSSR count). The van der Waals surface area contributed by atoms with Crippen LogP contribution in [0.15, 0.2) is 16.5 Å². The molecule has 1 aromatic rings. The first-order chi connectivity index (χ1) is 9.30.